The van der Waals surface area contributed by atoms with Crippen LogP contribution in [-0.4, -0.2) is 12.5 Å². The fourth-order valence-corrected chi connectivity index (χ4v) is 1.97. The van der Waals surface area contributed by atoms with Gasteiger partial charge in [0.25, 0.3) is 0 Å². The summed E-state index contributed by atoms with van der Waals surface area (Å²) in [6.07, 6.45) is 3.85. The first-order valence-electron chi connectivity index (χ1n) is 4.91. The number of nitrogens with one attached hydrogen (secondary N) is 2. The Morgan fingerprint density at radius 1 is 1.29 bits per heavy atom. The second-order valence-corrected chi connectivity index (χ2v) is 3.61. The van der Waals surface area contributed by atoms with Crippen LogP contribution in [0.15, 0.2) is 24.3 Å². The van der Waals surface area contributed by atoms with Gasteiger partial charge in [0.15, 0.2) is 0 Å². The molecule has 14 heavy (non-hydrogen) atoms. The van der Waals surface area contributed by atoms with E-state index in [2.05, 4.69) is 35.1 Å². The number of carbonyl (C=O) groups is 1. The van der Waals surface area contributed by atoms with Crippen LogP contribution in [0.2, 0.25) is 0 Å². The van der Waals surface area contributed by atoms with E-state index in [9.17, 15) is 4.79 Å². The largest absolute Gasteiger partial charge is 0.294 e. The zero-order chi connectivity index (χ0) is 9.80. The molecule has 1 aliphatic rings. The minimum Gasteiger partial charge on any atom is -0.294 e. The van der Waals surface area contributed by atoms with Crippen LogP contribution in [0.5, 0.6) is 0 Å². The van der Waals surface area contributed by atoms with E-state index in [1.54, 1.807) is 0 Å². The number of fused-ring (bicyclic) bond motifs is 1. The van der Waals surface area contributed by atoms with E-state index in [-0.39, 0.29) is 0 Å². The van der Waals surface area contributed by atoms with Crippen LogP contribution in [0.3, 0.4) is 0 Å². The topological polar surface area (TPSA) is 41.1 Å². The maximum atomic E-state index is 10.1. The Morgan fingerprint density at radius 3 is 2.86 bits per heavy atom. The molecule has 0 fully saturated rings. The molecule has 3 nitrogen and oxygen atoms in total. The van der Waals surface area contributed by atoms with Crippen molar-refractivity contribution < 1.29 is 4.79 Å². The summed E-state index contributed by atoms with van der Waals surface area (Å²) in [6.45, 7) is 0. The maximum absolute atomic E-state index is 10.1. The van der Waals surface area contributed by atoms with Crippen molar-refractivity contribution in [3.63, 3.8) is 0 Å². The van der Waals surface area contributed by atoms with Crippen LogP contribution in [0.25, 0.3) is 0 Å². The third kappa shape index (κ3) is 1.93. The molecule has 2 rings (SSSR count). The Balaban J connectivity index is 2.02. The summed E-state index contributed by atoms with van der Waals surface area (Å²) in [5, 5.41) is 0. The van der Waals surface area contributed by atoms with Gasteiger partial charge in [0.2, 0.25) is 6.41 Å². The Morgan fingerprint density at radius 2 is 2.07 bits per heavy atom. The van der Waals surface area contributed by atoms with Crippen molar-refractivity contribution in [3.8, 4) is 0 Å². The van der Waals surface area contributed by atoms with Gasteiger partial charge in [-0.2, -0.15) is 0 Å². The molecule has 0 radical (unpaired) electrons. The molecule has 1 amide bonds. The molecule has 0 heterocycles. The van der Waals surface area contributed by atoms with Crippen LogP contribution in [0.1, 0.15) is 17.5 Å². The first-order valence-corrected chi connectivity index (χ1v) is 4.91. The van der Waals surface area contributed by atoms with Gasteiger partial charge in [0.1, 0.15) is 0 Å². The molecule has 1 atom stereocenters. The molecule has 0 aromatic heterocycles. The fourth-order valence-electron chi connectivity index (χ4n) is 1.97. The predicted molar refractivity (Wildman–Crippen MR) is 54.6 cm³/mol. The van der Waals surface area contributed by atoms with Crippen LogP contribution < -0.4 is 10.9 Å². The highest BCUT2D eigenvalue weighted by atomic mass is 16.1. The van der Waals surface area contributed by atoms with Crippen LogP contribution >= 0.6 is 0 Å². The molecule has 1 aliphatic carbocycles. The van der Waals surface area contributed by atoms with E-state index in [1.807, 2.05) is 0 Å². The van der Waals surface area contributed by atoms with Crippen molar-refractivity contribution in [2.24, 2.45) is 0 Å². The van der Waals surface area contributed by atoms with Crippen molar-refractivity contribution in [2.45, 2.75) is 25.3 Å². The number of aryl methyl sites for hydroxylation is 1. The Bertz CT molecular complexity index is 325. The Hall–Kier alpha value is -1.35. The summed E-state index contributed by atoms with van der Waals surface area (Å²) in [6, 6.07) is 8.85. The van der Waals surface area contributed by atoms with E-state index in [4.69, 9.17) is 0 Å². The molecule has 74 valence electrons. The minimum atomic E-state index is 0.370. The number of hydrogen-bond donors (Lipinski definition) is 2. The summed E-state index contributed by atoms with van der Waals surface area (Å²) in [5.41, 5.74) is 8.35. The third-order valence-corrected chi connectivity index (χ3v) is 2.69. The molecule has 0 bridgehead atoms. The summed E-state index contributed by atoms with van der Waals surface area (Å²) in [5.74, 6) is 0. The predicted octanol–water partition coefficient (Wildman–Crippen LogP) is 0.794. The lowest BCUT2D eigenvalue weighted by atomic mass is 9.89. The molecule has 3 heteroatoms. The van der Waals surface area contributed by atoms with E-state index >= 15 is 0 Å². The first-order chi connectivity index (χ1) is 6.90. The van der Waals surface area contributed by atoms with Gasteiger partial charge in [-0.05, 0) is 30.4 Å². The second kappa shape index (κ2) is 4.24. The van der Waals surface area contributed by atoms with Gasteiger partial charge in [-0.15, -0.1) is 0 Å². The molecule has 1 aromatic rings. The number of rotatable bonds is 3. The van der Waals surface area contributed by atoms with Gasteiger partial charge >= 0.3 is 0 Å². The summed E-state index contributed by atoms with van der Waals surface area (Å²) < 4.78 is 0. The highest BCUT2D eigenvalue weighted by molar-refractivity contribution is 5.45. The molecule has 0 saturated heterocycles. The van der Waals surface area contributed by atoms with E-state index in [0.717, 1.165) is 19.3 Å². The van der Waals surface area contributed by atoms with Gasteiger partial charge in [-0.1, -0.05) is 24.3 Å². The standard InChI is InChI=1S/C11H14N2O/c14-8-12-13-11-6-5-9-3-1-2-4-10(9)7-11/h1-4,8,11,13H,5-7H2,(H,12,14). The summed E-state index contributed by atoms with van der Waals surface area (Å²) in [7, 11) is 0. The summed E-state index contributed by atoms with van der Waals surface area (Å²) in [4.78, 5) is 10.1. The van der Waals surface area contributed by atoms with Crippen LogP contribution in [0, 0.1) is 0 Å². The normalized spacial score (nSPS) is 19.9. The van der Waals surface area contributed by atoms with Crippen molar-refractivity contribution in [2.75, 3.05) is 0 Å². The second-order valence-electron chi connectivity index (χ2n) is 3.61. The van der Waals surface area contributed by atoms with Crippen molar-refractivity contribution in [1.82, 2.24) is 10.9 Å². The quantitative estimate of drug-likeness (QED) is 0.546. The van der Waals surface area contributed by atoms with E-state index < -0.39 is 0 Å². The first kappa shape index (κ1) is 9.21. The highest BCUT2D eigenvalue weighted by Crippen LogP contribution is 2.20. The molecule has 1 aromatic carbocycles. The molecular weight excluding hydrogens is 176 g/mol. The number of amides is 1. The number of hydrogen-bond acceptors (Lipinski definition) is 2. The number of carbonyl (C=O) groups excluding carboxylic acids is 1. The lowest BCUT2D eigenvalue weighted by Crippen LogP contribution is -2.43. The fraction of sp³-hybridized carbons (Fsp3) is 0.364. The minimum absolute atomic E-state index is 0.370. The number of hydrazine groups is 1. The smallest absolute Gasteiger partial charge is 0.221 e. The average molecular weight is 190 g/mol. The molecule has 0 spiro atoms. The highest BCUT2D eigenvalue weighted by Gasteiger charge is 2.16. The van der Waals surface area contributed by atoms with Crippen molar-refractivity contribution in [1.29, 1.82) is 0 Å². The average Bonchev–Trinajstić information content (AvgIpc) is 2.26. The lowest BCUT2D eigenvalue weighted by molar-refractivity contribution is -0.110. The molecule has 1 unspecified atom stereocenters. The van der Waals surface area contributed by atoms with Crippen LogP contribution in [-0.2, 0) is 17.6 Å². The Kier molecular flexibility index (Phi) is 2.79. The lowest BCUT2D eigenvalue weighted by Gasteiger charge is -2.24. The van der Waals surface area contributed by atoms with E-state index in [0.29, 0.717) is 12.5 Å². The van der Waals surface area contributed by atoms with E-state index in [1.165, 1.54) is 11.1 Å². The zero-order valence-electron chi connectivity index (χ0n) is 7.99. The molecule has 2 N–H and O–H groups in total. The molecule has 0 saturated carbocycles. The molecular formula is C11H14N2O. The van der Waals surface area contributed by atoms with Crippen LogP contribution in [0.4, 0.5) is 0 Å². The maximum Gasteiger partial charge on any atom is 0.221 e. The van der Waals surface area contributed by atoms with Crippen molar-refractivity contribution >= 4 is 6.41 Å². The third-order valence-electron chi connectivity index (χ3n) is 2.69. The van der Waals surface area contributed by atoms with Gasteiger partial charge < -0.3 is 0 Å². The SMILES string of the molecule is O=CNNC1CCc2ccccc2C1. The van der Waals surface area contributed by atoms with Gasteiger partial charge in [-0.25, -0.2) is 5.43 Å². The monoisotopic (exact) mass is 190 g/mol. The Labute approximate surface area is 83.5 Å². The summed E-state index contributed by atoms with van der Waals surface area (Å²) >= 11 is 0. The molecule has 0 aliphatic heterocycles. The van der Waals surface area contributed by atoms with Gasteiger partial charge in [0.05, 0.1) is 0 Å². The van der Waals surface area contributed by atoms with Gasteiger partial charge in [-0.3, -0.25) is 10.2 Å². The van der Waals surface area contributed by atoms with Gasteiger partial charge in [0, 0.05) is 6.04 Å². The van der Waals surface area contributed by atoms with Crippen molar-refractivity contribution in [3.05, 3.63) is 35.4 Å². The number of benzene rings is 1. The zero-order valence-corrected chi connectivity index (χ0v) is 7.99.